The highest BCUT2D eigenvalue weighted by molar-refractivity contribution is 5.95. The van der Waals surface area contributed by atoms with Crippen LogP contribution in [-0.2, 0) is 20.8 Å². The van der Waals surface area contributed by atoms with Crippen LogP contribution in [0.1, 0.15) is 68.3 Å². The van der Waals surface area contributed by atoms with Crippen LogP contribution in [0.4, 0.5) is 14.5 Å². The molecule has 210 valence electrons. The third kappa shape index (κ3) is 6.32. The van der Waals surface area contributed by atoms with E-state index in [1.807, 2.05) is 0 Å². The Hall–Kier alpha value is -4.23. The summed E-state index contributed by atoms with van der Waals surface area (Å²) in [5.41, 5.74) is 2.60. The second kappa shape index (κ2) is 12.7. The van der Waals surface area contributed by atoms with Crippen LogP contribution >= 0.6 is 0 Å². The van der Waals surface area contributed by atoms with E-state index < -0.39 is 35.7 Å². The molecule has 0 radical (unpaired) electrons. The van der Waals surface area contributed by atoms with Crippen LogP contribution in [0.15, 0.2) is 36.4 Å². The number of unbranched alkanes of at least 4 members (excludes halogenated alkanes) is 2. The summed E-state index contributed by atoms with van der Waals surface area (Å²) < 4.78 is 29.0. The Bertz CT molecular complexity index is 1440. The number of nitrogens with zero attached hydrogens (tertiary/aromatic N) is 1. The van der Waals surface area contributed by atoms with Gasteiger partial charge >= 0.3 is 5.97 Å². The highest BCUT2D eigenvalue weighted by atomic mass is 19.1. The Morgan fingerprint density at radius 1 is 1.12 bits per heavy atom. The average molecular weight is 551 g/mol. The number of halogens is 2. The van der Waals surface area contributed by atoms with E-state index in [0.717, 1.165) is 18.9 Å². The summed E-state index contributed by atoms with van der Waals surface area (Å²) in [6, 6.07) is 8.28. The van der Waals surface area contributed by atoms with Gasteiger partial charge in [0.2, 0.25) is 5.91 Å². The number of hydrogen-bond acceptors (Lipinski definition) is 4. The van der Waals surface area contributed by atoms with E-state index in [-0.39, 0.29) is 24.3 Å². The molecule has 1 aliphatic rings. The number of benzene rings is 2. The minimum absolute atomic E-state index is 0.0107. The number of carbonyl (C=O) groups is 3. The van der Waals surface area contributed by atoms with Crippen LogP contribution in [0.2, 0.25) is 0 Å². The summed E-state index contributed by atoms with van der Waals surface area (Å²) in [6.45, 7) is 2.68. The minimum atomic E-state index is -0.898. The topological polar surface area (TPSA) is 115 Å². The molecule has 3 aromatic rings. The van der Waals surface area contributed by atoms with Crippen molar-refractivity contribution in [1.29, 1.82) is 0 Å². The first-order valence-corrected chi connectivity index (χ1v) is 13.4. The molecule has 4 N–H and O–H groups in total. The van der Waals surface area contributed by atoms with Gasteiger partial charge in [0.05, 0.1) is 17.7 Å². The lowest BCUT2D eigenvalue weighted by atomic mass is 9.90. The number of terminal acetylenes is 1. The average Bonchev–Trinajstić information content (AvgIpc) is 3.29. The van der Waals surface area contributed by atoms with Gasteiger partial charge in [0.25, 0.3) is 5.91 Å². The summed E-state index contributed by atoms with van der Waals surface area (Å²) in [6.07, 6.45) is 8.24. The summed E-state index contributed by atoms with van der Waals surface area (Å²) >= 11 is 0. The standard InChI is InChI=1S/C30H32F2N4O4/c1-3-5-14-33-24-17-22-21-15-19(31)16-23(32)28(21)35-29(22)30(36(24)26(38)4-2)18-10-12-20(13-11-18)34-25(37)8-6-7-9-27(39)40/h2,10-13,15-16,24,30,33,35H,3,5-9,14,17H2,1H3,(H,34,37)(H,39,40)/t24-,30+/m1/s1. The van der Waals surface area contributed by atoms with Gasteiger partial charge in [-0.2, -0.15) is 0 Å². The van der Waals surface area contributed by atoms with Gasteiger partial charge < -0.3 is 20.3 Å². The molecule has 10 heteroatoms. The molecule has 1 aromatic heterocycles. The number of carboxylic acid groups (broad SMARTS) is 1. The van der Waals surface area contributed by atoms with Crippen molar-refractivity contribution in [2.45, 2.75) is 64.1 Å². The summed E-state index contributed by atoms with van der Waals surface area (Å²) in [4.78, 5) is 40.7. The van der Waals surface area contributed by atoms with Crippen LogP contribution in [0.5, 0.6) is 0 Å². The number of H-pyrrole nitrogens is 1. The molecule has 0 spiro atoms. The van der Waals surface area contributed by atoms with Crippen LogP contribution < -0.4 is 10.6 Å². The van der Waals surface area contributed by atoms with Crippen molar-refractivity contribution in [2.75, 3.05) is 11.9 Å². The van der Waals surface area contributed by atoms with Gasteiger partial charge in [0, 0.05) is 42.1 Å². The summed E-state index contributed by atoms with van der Waals surface area (Å²) in [5.74, 6) is -0.890. The molecule has 2 amide bonds. The molecule has 0 bridgehead atoms. The predicted octanol–water partition coefficient (Wildman–Crippen LogP) is 4.85. The smallest absolute Gasteiger partial charge is 0.303 e. The van der Waals surface area contributed by atoms with Crippen LogP contribution in [0.3, 0.4) is 0 Å². The second-order valence-electron chi connectivity index (χ2n) is 9.89. The third-order valence-electron chi connectivity index (χ3n) is 7.07. The maximum absolute atomic E-state index is 14.8. The number of hydrogen-bond donors (Lipinski definition) is 4. The second-order valence-corrected chi connectivity index (χ2v) is 9.89. The number of nitrogens with one attached hydrogen (secondary N) is 3. The van der Waals surface area contributed by atoms with E-state index in [4.69, 9.17) is 11.5 Å². The van der Waals surface area contributed by atoms with Crippen molar-refractivity contribution in [1.82, 2.24) is 15.2 Å². The third-order valence-corrected chi connectivity index (χ3v) is 7.07. The van der Waals surface area contributed by atoms with Gasteiger partial charge in [0.15, 0.2) is 0 Å². The summed E-state index contributed by atoms with van der Waals surface area (Å²) in [7, 11) is 0. The Morgan fingerprint density at radius 2 is 1.85 bits per heavy atom. The van der Waals surface area contributed by atoms with E-state index in [2.05, 4.69) is 28.5 Å². The molecule has 40 heavy (non-hydrogen) atoms. The molecule has 0 fully saturated rings. The fraction of sp³-hybridized carbons (Fsp3) is 0.367. The molecule has 2 aromatic carbocycles. The van der Waals surface area contributed by atoms with E-state index in [1.54, 1.807) is 29.2 Å². The van der Waals surface area contributed by atoms with E-state index >= 15 is 0 Å². The normalized spacial score (nSPS) is 16.4. The maximum Gasteiger partial charge on any atom is 0.303 e. The molecule has 0 unspecified atom stereocenters. The molecule has 0 saturated carbocycles. The lowest BCUT2D eigenvalue weighted by molar-refractivity contribution is -0.137. The zero-order valence-electron chi connectivity index (χ0n) is 22.2. The Kier molecular flexibility index (Phi) is 9.17. The molecule has 2 atom stereocenters. The number of rotatable bonds is 11. The monoisotopic (exact) mass is 550 g/mol. The molecule has 4 rings (SSSR count). The van der Waals surface area contributed by atoms with Crippen molar-refractivity contribution in [3.8, 4) is 12.3 Å². The number of carboxylic acids is 1. The van der Waals surface area contributed by atoms with E-state index in [0.29, 0.717) is 53.7 Å². The number of aromatic amines is 1. The molecule has 0 aliphatic carbocycles. The van der Waals surface area contributed by atoms with Gasteiger partial charge in [0.1, 0.15) is 11.6 Å². The minimum Gasteiger partial charge on any atom is -0.481 e. The molecule has 8 nitrogen and oxygen atoms in total. The quantitative estimate of drug-likeness (QED) is 0.201. The first-order chi connectivity index (χ1) is 19.2. The number of anilines is 1. The fourth-order valence-electron chi connectivity index (χ4n) is 5.17. The van der Waals surface area contributed by atoms with Crippen molar-refractivity contribution in [2.24, 2.45) is 0 Å². The first kappa shape index (κ1) is 28.8. The molecule has 0 saturated heterocycles. The Labute approximate surface area is 231 Å². The van der Waals surface area contributed by atoms with Crippen LogP contribution in [0.25, 0.3) is 10.9 Å². The molecule has 1 aliphatic heterocycles. The molecular formula is C30H32F2N4O4. The fourth-order valence-corrected chi connectivity index (χ4v) is 5.17. The van der Waals surface area contributed by atoms with Gasteiger partial charge in [-0.05, 0) is 61.1 Å². The number of aliphatic carboxylic acids is 1. The van der Waals surface area contributed by atoms with E-state index in [1.165, 1.54) is 6.07 Å². The molecular weight excluding hydrogens is 518 g/mol. The van der Waals surface area contributed by atoms with Gasteiger partial charge in [-0.25, -0.2) is 8.78 Å². The zero-order chi connectivity index (χ0) is 28.8. The number of fused-ring (bicyclic) bond motifs is 3. The first-order valence-electron chi connectivity index (χ1n) is 13.4. The number of amides is 2. The number of aromatic nitrogens is 1. The van der Waals surface area contributed by atoms with Gasteiger partial charge in [-0.15, -0.1) is 6.42 Å². The van der Waals surface area contributed by atoms with Crippen molar-refractivity contribution in [3.05, 3.63) is 64.9 Å². The molecule has 2 heterocycles. The lowest BCUT2D eigenvalue weighted by Gasteiger charge is -2.41. The Morgan fingerprint density at radius 3 is 2.52 bits per heavy atom. The van der Waals surface area contributed by atoms with Gasteiger partial charge in [-0.3, -0.25) is 19.7 Å². The highest BCUT2D eigenvalue weighted by Gasteiger charge is 2.40. The maximum atomic E-state index is 14.8. The lowest BCUT2D eigenvalue weighted by Crippen LogP contribution is -2.54. The summed E-state index contributed by atoms with van der Waals surface area (Å²) in [5, 5.41) is 15.3. The predicted molar refractivity (Wildman–Crippen MR) is 147 cm³/mol. The SMILES string of the molecule is C#CC(=O)N1[C@@H](c2ccc(NC(=O)CCCCC(=O)O)cc2)c2[nH]c3c(F)cc(F)cc3c2C[C@@H]1NCCCC. The van der Waals surface area contributed by atoms with Crippen molar-refractivity contribution >= 4 is 34.4 Å². The van der Waals surface area contributed by atoms with Crippen molar-refractivity contribution in [3.63, 3.8) is 0 Å². The zero-order valence-corrected chi connectivity index (χ0v) is 22.2. The van der Waals surface area contributed by atoms with Crippen LogP contribution in [-0.4, -0.2) is 45.5 Å². The number of carbonyl (C=O) groups excluding carboxylic acids is 2. The van der Waals surface area contributed by atoms with Crippen molar-refractivity contribution < 1.29 is 28.3 Å². The van der Waals surface area contributed by atoms with E-state index in [9.17, 15) is 23.2 Å². The van der Waals surface area contributed by atoms with Gasteiger partial charge in [-0.1, -0.05) is 25.5 Å². The Balaban J connectivity index is 1.68. The highest BCUT2D eigenvalue weighted by Crippen LogP contribution is 2.41. The largest absolute Gasteiger partial charge is 0.481 e. The van der Waals surface area contributed by atoms with Crippen LogP contribution in [0, 0.1) is 24.0 Å².